The van der Waals surface area contributed by atoms with Gasteiger partial charge in [-0.05, 0) is 66.4 Å². The summed E-state index contributed by atoms with van der Waals surface area (Å²) in [6, 6.07) is 10.2. The summed E-state index contributed by atoms with van der Waals surface area (Å²) in [7, 11) is 0. The molecule has 0 saturated carbocycles. The van der Waals surface area contributed by atoms with Gasteiger partial charge in [0.1, 0.15) is 11.6 Å². The first kappa shape index (κ1) is 28.2. The molecule has 0 aliphatic carbocycles. The first-order valence-electron chi connectivity index (χ1n) is 13.0. The number of carbonyl (C=O) groups is 2. The molecule has 4 rings (SSSR count). The summed E-state index contributed by atoms with van der Waals surface area (Å²) in [5.74, 6) is -0.435. The Morgan fingerprint density at radius 2 is 1.97 bits per heavy atom. The summed E-state index contributed by atoms with van der Waals surface area (Å²) in [4.78, 5) is 43.1. The molecule has 0 radical (unpaired) electrons. The fourth-order valence-electron chi connectivity index (χ4n) is 4.62. The van der Waals surface area contributed by atoms with Crippen LogP contribution in [0.1, 0.15) is 71.5 Å². The Balaban J connectivity index is 1.67. The Labute approximate surface area is 236 Å². The molecule has 1 aliphatic rings. The van der Waals surface area contributed by atoms with Gasteiger partial charge in [0.05, 0.1) is 26.8 Å². The lowest BCUT2D eigenvalue weighted by Crippen LogP contribution is -2.38. The normalized spacial score (nSPS) is 15.3. The van der Waals surface area contributed by atoms with Crippen LogP contribution in [0.5, 0.6) is 0 Å². The van der Waals surface area contributed by atoms with Gasteiger partial charge in [0.15, 0.2) is 0 Å². The van der Waals surface area contributed by atoms with Crippen LogP contribution >= 0.6 is 27.3 Å². The second kappa shape index (κ2) is 12.8. The Morgan fingerprint density at radius 1 is 1.21 bits per heavy atom. The predicted octanol–water partition coefficient (Wildman–Crippen LogP) is 5.70. The van der Waals surface area contributed by atoms with Crippen LogP contribution < -0.4 is 4.90 Å². The number of amides is 1. The molecule has 2 aromatic heterocycles. The summed E-state index contributed by atoms with van der Waals surface area (Å²) >= 11 is 5.23. The summed E-state index contributed by atoms with van der Waals surface area (Å²) in [6.45, 7) is 6.94. The zero-order valence-corrected chi connectivity index (χ0v) is 24.5. The van der Waals surface area contributed by atoms with Crippen molar-refractivity contribution in [1.29, 1.82) is 0 Å². The lowest BCUT2D eigenvalue weighted by molar-refractivity contribution is -0.137. The molecule has 1 amide bonds. The molecule has 1 fully saturated rings. The van der Waals surface area contributed by atoms with Crippen molar-refractivity contribution in [2.75, 3.05) is 24.5 Å². The number of hydrogen-bond acceptors (Lipinski definition) is 7. The van der Waals surface area contributed by atoms with Crippen LogP contribution in [0.3, 0.4) is 0 Å². The fraction of sp³-hybridized carbons (Fsp3) is 0.464. The van der Waals surface area contributed by atoms with Crippen LogP contribution in [0.2, 0.25) is 0 Å². The highest BCUT2D eigenvalue weighted by Gasteiger charge is 2.32. The van der Waals surface area contributed by atoms with E-state index in [2.05, 4.69) is 51.8 Å². The predicted molar refractivity (Wildman–Crippen MR) is 153 cm³/mol. The second-order valence-electron chi connectivity index (χ2n) is 10.1. The standard InChI is InChI=1S/C28H34BrN5O3S/c1-18(2)13-15-33(17-24(35)36)27(37)21-16-30-28(32-22(21)12-11-20-8-5-4-6-9-20)34-14-7-10-23(34)26-31-19(3)25(29)38-26/h4-6,8-9,16,18,23H,7,10-15,17H2,1-3H3,(H,35,36)/t23-/m0/s1. The highest BCUT2D eigenvalue weighted by atomic mass is 79.9. The lowest BCUT2D eigenvalue weighted by Gasteiger charge is -2.25. The summed E-state index contributed by atoms with van der Waals surface area (Å²) in [5.41, 5.74) is 3.14. The number of carboxylic acid groups (broad SMARTS) is 1. The van der Waals surface area contributed by atoms with Crippen LogP contribution in [0.15, 0.2) is 40.3 Å². The molecule has 0 unspecified atom stereocenters. The maximum Gasteiger partial charge on any atom is 0.323 e. The van der Waals surface area contributed by atoms with Gasteiger partial charge in [0.25, 0.3) is 5.91 Å². The summed E-state index contributed by atoms with van der Waals surface area (Å²) < 4.78 is 1.03. The molecule has 38 heavy (non-hydrogen) atoms. The molecule has 0 spiro atoms. The minimum atomic E-state index is -1.03. The average molecular weight is 601 g/mol. The summed E-state index contributed by atoms with van der Waals surface area (Å²) in [6.07, 6.45) is 5.54. The fourth-order valence-corrected chi connectivity index (χ4v) is 6.15. The molecule has 1 aliphatic heterocycles. The van der Waals surface area contributed by atoms with Gasteiger partial charge in [-0.2, -0.15) is 0 Å². The van der Waals surface area contributed by atoms with Gasteiger partial charge in [0, 0.05) is 19.3 Å². The molecular weight excluding hydrogens is 566 g/mol. The molecule has 3 aromatic rings. The minimum absolute atomic E-state index is 0.0862. The van der Waals surface area contributed by atoms with Gasteiger partial charge in [-0.25, -0.2) is 15.0 Å². The Morgan fingerprint density at radius 3 is 2.63 bits per heavy atom. The third kappa shape index (κ3) is 6.96. The Bertz CT molecular complexity index is 1250. The van der Waals surface area contributed by atoms with Crippen LogP contribution in [-0.4, -0.2) is 56.5 Å². The van der Waals surface area contributed by atoms with E-state index < -0.39 is 5.97 Å². The molecule has 10 heteroatoms. The molecule has 3 heterocycles. The monoisotopic (exact) mass is 599 g/mol. The number of carboxylic acids is 1. The van der Waals surface area contributed by atoms with Gasteiger partial charge in [0.2, 0.25) is 5.95 Å². The highest BCUT2D eigenvalue weighted by Crippen LogP contribution is 2.39. The van der Waals surface area contributed by atoms with E-state index in [9.17, 15) is 14.7 Å². The number of benzene rings is 1. The molecular formula is C28H34BrN5O3S. The topological polar surface area (TPSA) is 99.5 Å². The number of carbonyl (C=O) groups excluding carboxylic acids is 1. The number of anilines is 1. The van der Waals surface area contributed by atoms with Crippen molar-refractivity contribution >= 4 is 45.1 Å². The molecule has 1 N–H and O–H groups in total. The SMILES string of the molecule is Cc1nc([C@@H]2CCCN2c2ncc(C(=O)N(CCC(C)C)CC(=O)O)c(CCc3ccccc3)n2)sc1Br. The van der Waals surface area contributed by atoms with E-state index in [-0.39, 0.29) is 18.5 Å². The number of aliphatic carboxylic acids is 1. The number of nitrogens with zero attached hydrogens (tertiary/aromatic N) is 5. The van der Waals surface area contributed by atoms with Gasteiger partial charge in [-0.3, -0.25) is 9.59 Å². The maximum atomic E-state index is 13.6. The minimum Gasteiger partial charge on any atom is -0.480 e. The smallest absolute Gasteiger partial charge is 0.323 e. The van der Waals surface area contributed by atoms with E-state index in [1.807, 2.05) is 25.1 Å². The number of thiazole rings is 1. The van der Waals surface area contributed by atoms with Crippen molar-refractivity contribution in [3.63, 3.8) is 0 Å². The Hall–Kier alpha value is -2.85. The van der Waals surface area contributed by atoms with Crippen LogP contribution in [0, 0.1) is 12.8 Å². The zero-order valence-electron chi connectivity index (χ0n) is 22.1. The van der Waals surface area contributed by atoms with E-state index >= 15 is 0 Å². The lowest BCUT2D eigenvalue weighted by atomic mass is 10.0. The first-order valence-corrected chi connectivity index (χ1v) is 14.6. The third-order valence-electron chi connectivity index (χ3n) is 6.72. The molecule has 202 valence electrons. The second-order valence-corrected chi connectivity index (χ2v) is 12.4. The number of rotatable bonds is 11. The molecule has 1 atom stereocenters. The van der Waals surface area contributed by atoms with Gasteiger partial charge in [-0.15, -0.1) is 11.3 Å². The quantitative estimate of drug-likeness (QED) is 0.301. The number of aromatic nitrogens is 3. The van der Waals surface area contributed by atoms with Crippen molar-refractivity contribution in [1.82, 2.24) is 19.9 Å². The average Bonchev–Trinajstić information content (AvgIpc) is 3.51. The molecule has 0 bridgehead atoms. The molecule has 1 saturated heterocycles. The van der Waals surface area contributed by atoms with Crippen molar-refractivity contribution in [3.8, 4) is 0 Å². The van der Waals surface area contributed by atoms with Gasteiger partial charge in [-0.1, -0.05) is 44.2 Å². The van der Waals surface area contributed by atoms with E-state index in [4.69, 9.17) is 9.97 Å². The van der Waals surface area contributed by atoms with Crippen LogP contribution in [-0.2, 0) is 17.6 Å². The van der Waals surface area contributed by atoms with E-state index in [0.29, 0.717) is 42.5 Å². The largest absolute Gasteiger partial charge is 0.480 e. The highest BCUT2D eigenvalue weighted by molar-refractivity contribution is 9.11. The number of halogens is 1. The summed E-state index contributed by atoms with van der Waals surface area (Å²) in [5, 5.41) is 10.5. The zero-order chi connectivity index (χ0) is 27.2. The Kier molecular flexibility index (Phi) is 9.49. The van der Waals surface area contributed by atoms with Crippen molar-refractivity contribution in [3.05, 3.63) is 67.8 Å². The van der Waals surface area contributed by atoms with E-state index in [0.717, 1.165) is 45.9 Å². The van der Waals surface area contributed by atoms with Crippen molar-refractivity contribution in [2.24, 2.45) is 5.92 Å². The maximum absolute atomic E-state index is 13.6. The van der Waals surface area contributed by atoms with E-state index in [1.165, 1.54) is 4.90 Å². The first-order chi connectivity index (χ1) is 18.2. The third-order valence-corrected chi connectivity index (χ3v) is 8.83. The van der Waals surface area contributed by atoms with Gasteiger partial charge < -0.3 is 14.9 Å². The van der Waals surface area contributed by atoms with E-state index in [1.54, 1.807) is 17.5 Å². The van der Waals surface area contributed by atoms with Crippen LogP contribution in [0.4, 0.5) is 5.95 Å². The molecule has 1 aromatic carbocycles. The van der Waals surface area contributed by atoms with Crippen molar-refractivity contribution in [2.45, 2.75) is 58.9 Å². The number of aryl methyl sites for hydroxylation is 3. The van der Waals surface area contributed by atoms with Crippen molar-refractivity contribution < 1.29 is 14.7 Å². The van der Waals surface area contributed by atoms with Gasteiger partial charge >= 0.3 is 5.97 Å². The molecule has 8 nitrogen and oxygen atoms in total. The van der Waals surface area contributed by atoms with Crippen LogP contribution in [0.25, 0.3) is 0 Å². The number of hydrogen-bond donors (Lipinski definition) is 1.